The Morgan fingerprint density at radius 2 is 2.12 bits per heavy atom. The monoisotopic (exact) mass is 231 g/mol. The van der Waals surface area contributed by atoms with Crippen LogP contribution in [0.1, 0.15) is 57.7 Å². The van der Waals surface area contributed by atoms with Crippen LogP contribution in [0, 0.1) is 16.7 Å². The summed E-state index contributed by atoms with van der Waals surface area (Å²) in [4.78, 5) is 0. The highest BCUT2D eigenvalue weighted by Crippen LogP contribution is 2.28. The van der Waals surface area contributed by atoms with Gasteiger partial charge in [-0.1, -0.05) is 19.3 Å². The average molecular weight is 231 g/mol. The van der Waals surface area contributed by atoms with Crippen molar-refractivity contribution in [1.82, 2.24) is 9.78 Å². The van der Waals surface area contributed by atoms with Crippen LogP contribution in [0.5, 0.6) is 0 Å². The Morgan fingerprint density at radius 3 is 2.76 bits per heavy atom. The molecule has 0 spiro atoms. The van der Waals surface area contributed by atoms with Crippen molar-refractivity contribution in [3.05, 3.63) is 18.0 Å². The Balaban J connectivity index is 2.03. The van der Waals surface area contributed by atoms with Crippen molar-refractivity contribution in [3.63, 3.8) is 0 Å². The molecule has 0 unspecified atom stereocenters. The second-order valence-electron chi connectivity index (χ2n) is 5.75. The quantitative estimate of drug-likeness (QED) is 0.799. The Bertz CT molecular complexity index is 405. The summed E-state index contributed by atoms with van der Waals surface area (Å²) in [5.41, 5.74) is 0.730. The molecule has 0 bridgehead atoms. The third kappa shape index (κ3) is 3.09. The molecule has 1 saturated carbocycles. The zero-order valence-electron chi connectivity index (χ0n) is 10.8. The molecule has 1 aromatic heterocycles. The first-order valence-electron chi connectivity index (χ1n) is 6.56. The van der Waals surface area contributed by atoms with Crippen LogP contribution in [0.2, 0.25) is 0 Å². The molecular weight excluding hydrogens is 210 g/mol. The third-order valence-electron chi connectivity index (χ3n) is 3.54. The van der Waals surface area contributed by atoms with Gasteiger partial charge in [-0.3, -0.25) is 4.68 Å². The van der Waals surface area contributed by atoms with Crippen LogP contribution in [-0.2, 0) is 6.42 Å². The van der Waals surface area contributed by atoms with Gasteiger partial charge in [-0.15, -0.1) is 0 Å². The van der Waals surface area contributed by atoms with E-state index in [2.05, 4.69) is 28.1 Å². The van der Waals surface area contributed by atoms with Crippen molar-refractivity contribution in [2.45, 2.75) is 58.4 Å². The fraction of sp³-hybridized carbons (Fsp3) is 0.714. The summed E-state index contributed by atoms with van der Waals surface area (Å²) in [5.74, 6) is 0. The lowest BCUT2D eigenvalue weighted by molar-refractivity contribution is 0.326. The van der Waals surface area contributed by atoms with Gasteiger partial charge in [0.05, 0.1) is 23.2 Å². The van der Waals surface area contributed by atoms with E-state index in [9.17, 15) is 0 Å². The Kier molecular flexibility index (Phi) is 3.51. The summed E-state index contributed by atoms with van der Waals surface area (Å²) < 4.78 is 2.11. The molecule has 3 nitrogen and oxygen atoms in total. The first kappa shape index (κ1) is 12.2. The maximum atomic E-state index is 9.03. The third-order valence-corrected chi connectivity index (χ3v) is 3.54. The molecule has 17 heavy (non-hydrogen) atoms. The summed E-state index contributed by atoms with van der Waals surface area (Å²) in [6.45, 7) is 3.93. The van der Waals surface area contributed by atoms with Crippen LogP contribution in [0.3, 0.4) is 0 Å². The van der Waals surface area contributed by atoms with Gasteiger partial charge >= 0.3 is 0 Å². The second-order valence-corrected chi connectivity index (χ2v) is 5.75. The summed E-state index contributed by atoms with van der Waals surface area (Å²) in [5, 5.41) is 13.7. The van der Waals surface area contributed by atoms with Crippen LogP contribution in [0.25, 0.3) is 0 Å². The Hall–Kier alpha value is -1.30. The highest BCUT2D eigenvalue weighted by molar-refractivity contribution is 5.07. The summed E-state index contributed by atoms with van der Waals surface area (Å²) >= 11 is 0. The van der Waals surface area contributed by atoms with Crippen LogP contribution >= 0.6 is 0 Å². The highest BCUT2D eigenvalue weighted by atomic mass is 15.3. The first-order chi connectivity index (χ1) is 8.11. The number of hydrogen-bond acceptors (Lipinski definition) is 2. The van der Waals surface area contributed by atoms with Crippen molar-refractivity contribution < 1.29 is 0 Å². The molecule has 1 heterocycles. The largest absolute Gasteiger partial charge is 0.269 e. The van der Waals surface area contributed by atoms with Gasteiger partial charge in [-0.2, -0.15) is 10.4 Å². The van der Waals surface area contributed by atoms with Gasteiger partial charge in [0.1, 0.15) is 0 Å². The van der Waals surface area contributed by atoms with Crippen molar-refractivity contribution in [1.29, 1.82) is 5.26 Å². The molecule has 3 heteroatoms. The lowest BCUT2D eigenvalue weighted by Crippen LogP contribution is -2.15. The van der Waals surface area contributed by atoms with E-state index >= 15 is 0 Å². The smallest absolute Gasteiger partial charge is 0.0688 e. The molecule has 2 rings (SSSR count). The normalized spacial score (nSPS) is 17.9. The van der Waals surface area contributed by atoms with E-state index in [4.69, 9.17) is 5.26 Å². The fourth-order valence-electron chi connectivity index (χ4n) is 2.51. The predicted octanol–water partition coefficient (Wildman–Crippen LogP) is 3.48. The minimum atomic E-state index is -0.314. The van der Waals surface area contributed by atoms with Gasteiger partial charge in [0.25, 0.3) is 0 Å². The molecule has 0 N–H and O–H groups in total. The molecular formula is C14H21N3. The molecule has 0 saturated heterocycles. The lowest BCUT2D eigenvalue weighted by Gasteiger charge is -2.22. The molecule has 0 aliphatic heterocycles. The maximum Gasteiger partial charge on any atom is 0.0688 e. The first-order valence-corrected chi connectivity index (χ1v) is 6.56. The van der Waals surface area contributed by atoms with E-state index in [1.807, 2.05) is 13.8 Å². The fourth-order valence-corrected chi connectivity index (χ4v) is 2.51. The van der Waals surface area contributed by atoms with Crippen molar-refractivity contribution in [2.75, 3.05) is 0 Å². The highest BCUT2D eigenvalue weighted by Gasteiger charge is 2.20. The SMILES string of the molecule is CC(C)(C#N)Cc1ccn(C2CCCCC2)n1. The second kappa shape index (κ2) is 4.91. The van der Waals surface area contributed by atoms with Crippen molar-refractivity contribution in [2.24, 2.45) is 5.41 Å². The van der Waals surface area contributed by atoms with Gasteiger partial charge in [0.2, 0.25) is 0 Å². The number of aromatic nitrogens is 2. The van der Waals surface area contributed by atoms with E-state index in [0.717, 1.165) is 12.1 Å². The molecule has 1 fully saturated rings. The van der Waals surface area contributed by atoms with Crippen LogP contribution in [0.15, 0.2) is 12.3 Å². The molecule has 92 valence electrons. The van der Waals surface area contributed by atoms with Gasteiger partial charge in [-0.25, -0.2) is 0 Å². The van der Waals surface area contributed by atoms with E-state index < -0.39 is 0 Å². The van der Waals surface area contributed by atoms with E-state index in [0.29, 0.717) is 6.04 Å². The molecule has 0 atom stereocenters. The summed E-state index contributed by atoms with van der Waals surface area (Å²) in [7, 11) is 0. The number of rotatable bonds is 3. The number of nitrogens with zero attached hydrogens (tertiary/aromatic N) is 3. The minimum absolute atomic E-state index is 0.314. The van der Waals surface area contributed by atoms with Gasteiger partial charge in [0.15, 0.2) is 0 Å². The van der Waals surface area contributed by atoms with Gasteiger partial charge in [0, 0.05) is 12.6 Å². The van der Waals surface area contributed by atoms with Crippen molar-refractivity contribution in [3.8, 4) is 6.07 Å². The lowest BCUT2D eigenvalue weighted by atomic mass is 9.90. The standard InChI is InChI=1S/C14H21N3/c1-14(2,11-15)10-12-8-9-17(16-12)13-6-4-3-5-7-13/h8-9,13H,3-7,10H2,1-2H3. The molecule has 1 aliphatic rings. The van der Waals surface area contributed by atoms with Crippen LogP contribution in [-0.4, -0.2) is 9.78 Å². The molecule has 0 radical (unpaired) electrons. The predicted molar refractivity (Wildman–Crippen MR) is 67.4 cm³/mol. The summed E-state index contributed by atoms with van der Waals surface area (Å²) in [6, 6.07) is 4.98. The maximum absolute atomic E-state index is 9.03. The zero-order chi connectivity index (χ0) is 12.3. The van der Waals surface area contributed by atoms with Crippen LogP contribution in [0.4, 0.5) is 0 Å². The molecule has 0 aromatic carbocycles. The molecule has 1 aromatic rings. The Labute approximate surface area is 103 Å². The minimum Gasteiger partial charge on any atom is -0.269 e. The van der Waals surface area contributed by atoms with E-state index in [-0.39, 0.29) is 5.41 Å². The average Bonchev–Trinajstić information content (AvgIpc) is 2.78. The van der Waals surface area contributed by atoms with Crippen LogP contribution < -0.4 is 0 Å². The number of nitriles is 1. The topological polar surface area (TPSA) is 41.6 Å². The zero-order valence-corrected chi connectivity index (χ0v) is 10.8. The Morgan fingerprint density at radius 1 is 1.41 bits per heavy atom. The van der Waals surface area contributed by atoms with Gasteiger partial charge < -0.3 is 0 Å². The van der Waals surface area contributed by atoms with Crippen molar-refractivity contribution >= 4 is 0 Å². The van der Waals surface area contributed by atoms with Gasteiger partial charge in [-0.05, 0) is 32.8 Å². The number of hydrogen-bond donors (Lipinski definition) is 0. The molecule has 0 amide bonds. The summed E-state index contributed by atoms with van der Waals surface area (Å²) in [6.07, 6.45) is 9.34. The molecule has 1 aliphatic carbocycles. The van der Waals surface area contributed by atoms with E-state index in [1.165, 1.54) is 32.1 Å². The van der Waals surface area contributed by atoms with E-state index in [1.54, 1.807) is 0 Å².